The molecule has 1 amide bonds. The van der Waals surface area contributed by atoms with Crippen LogP contribution < -0.4 is 11.1 Å². The van der Waals surface area contributed by atoms with Gasteiger partial charge in [-0.1, -0.05) is 26.7 Å². The number of carbonyl (C=O) groups excluding carboxylic acids is 1. The predicted octanol–water partition coefficient (Wildman–Crippen LogP) is 1.40. The summed E-state index contributed by atoms with van der Waals surface area (Å²) in [5.74, 6) is -0.829. The van der Waals surface area contributed by atoms with E-state index in [0.717, 1.165) is 25.7 Å². The normalized spacial score (nSPS) is 16.8. The van der Waals surface area contributed by atoms with Gasteiger partial charge in [0.15, 0.2) is 9.84 Å². The van der Waals surface area contributed by atoms with Crippen LogP contribution in [0.25, 0.3) is 0 Å². The minimum atomic E-state index is -3.29. The van der Waals surface area contributed by atoms with Gasteiger partial charge in [0.05, 0.1) is 5.25 Å². The van der Waals surface area contributed by atoms with E-state index in [2.05, 4.69) is 5.32 Å². The highest BCUT2D eigenvalue weighted by Crippen LogP contribution is 2.25. The van der Waals surface area contributed by atoms with Gasteiger partial charge in [0.2, 0.25) is 5.91 Å². The molecular formula is C13H27ClN2O3S. The molecule has 7 heteroatoms. The van der Waals surface area contributed by atoms with Crippen LogP contribution in [-0.2, 0) is 14.6 Å². The van der Waals surface area contributed by atoms with E-state index in [-0.39, 0.29) is 17.7 Å². The molecule has 1 rings (SSSR count). The van der Waals surface area contributed by atoms with Crippen LogP contribution in [0.2, 0.25) is 0 Å². The highest BCUT2D eigenvalue weighted by molar-refractivity contribution is 7.92. The van der Waals surface area contributed by atoms with Crippen molar-refractivity contribution in [2.45, 2.75) is 63.2 Å². The number of nitrogens with one attached hydrogen (secondary N) is 1. The van der Waals surface area contributed by atoms with Crippen molar-refractivity contribution >= 4 is 28.2 Å². The first kappa shape index (κ1) is 19.7. The zero-order valence-electron chi connectivity index (χ0n) is 12.4. The van der Waals surface area contributed by atoms with E-state index in [4.69, 9.17) is 5.73 Å². The summed E-state index contributed by atoms with van der Waals surface area (Å²) in [7, 11) is -3.29. The van der Waals surface area contributed by atoms with Gasteiger partial charge in [-0.05, 0) is 25.7 Å². The standard InChI is InChI=1S/C13H26N2O3S.ClH/c1-3-13(14,4-2)10-15-12(16)9-19(17,18)11-7-5-6-8-11;/h11H,3-10,14H2,1-2H3,(H,15,16);1H. The molecule has 0 heterocycles. The Morgan fingerprint density at radius 1 is 1.25 bits per heavy atom. The number of rotatable bonds is 7. The second kappa shape index (κ2) is 8.20. The highest BCUT2D eigenvalue weighted by atomic mass is 35.5. The summed E-state index contributed by atoms with van der Waals surface area (Å²) < 4.78 is 24.0. The lowest BCUT2D eigenvalue weighted by Crippen LogP contribution is -2.50. The lowest BCUT2D eigenvalue weighted by atomic mass is 9.94. The molecule has 0 saturated heterocycles. The van der Waals surface area contributed by atoms with E-state index in [1.807, 2.05) is 13.8 Å². The number of nitrogens with two attached hydrogens (primary N) is 1. The van der Waals surface area contributed by atoms with Crippen molar-refractivity contribution < 1.29 is 13.2 Å². The average Bonchev–Trinajstić information content (AvgIpc) is 2.90. The van der Waals surface area contributed by atoms with Crippen LogP contribution in [0, 0.1) is 0 Å². The molecule has 0 bridgehead atoms. The molecule has 3 N–H and O–H groups in total. The van der Waals surface area contributed by atoms with E-state index >= 15 is 0 Å². The zero-order chi connectivity index (χ0) is 14.5. The maximum Gasteiger partial charge on any atom is 0.235 e. The Bertz CT molecular complexity index is 402. The van der Waals surface area contributed by atoms with Crippen molar-refractivity contribution in [3.8, 4) is 0 Å². The molecule has 1 fully saturated rings. The van der Waals surface area contributed by atoms with Crippen molar-refractivity contribution in [3.05, 3.63) is 0 Å². The quantitative estimate of drug-likeness (QED) is 0.740. The Labute approximate surface area is 128 Å². The highest BCUT2D eigenvalue weighted by Gasteiger charge is 2.31. The Kier molecular flexibility index (Phi) is 8.06. The summed E-state index contributed by atoms with van der Waals surface area (Å²) in [6.45, 7) is 4.26. The Morgan fingerprint density at radius 2 is 1.75 bits per heavy atom. The molecule has 0 aliphatic heterocycles. The first-order chi connectivity index (χ1) is 8.83. The van der Waals surface area contributed by atoms with Gasteiger partial charge in [-0.2, -0.15) is 0 Å². The fourth-order valence-electron chi connectivity index (χ4n) is 2.37. The largest absolute Gasteiger partial charge is 0.353 e. The third kappa shape index (κ3) is 5.58. The van der Waals surface area contributed by atoms with Crippen molar-refractivity contribution in [3.63, 3.8) is 0 Å². The average molecular weight is 327 g/mol. The number of halogens is 1. The molecule has 1 aliphatic rings. The van der Waals surface area contributed by atoms with Crippen LogP contribution in [0.3, 0.4) is 0 Å². The number of carbonyl (C=O) groups is 1. The van der Waals surface area contributed by atoms with E-state index in [1.54, 1.807) is 0 Å². The molecule has 120 valence electrons. The second-order valence-electron chi connectivity index (χ2n) is 5.56. The number of sulfone groups is 1. The van der Waals surface area contributed by atoms with Crippen LogP contribution in [0.15, 0.2) is 0 Å². The van der Waals surface area contributed by atoms with Gasteiger partial charge in [-0.3, -0.25) is 4.79 Å². The summed E-state index contributed by atoms with van der Waals surface area (Å²) >= 11 is 0. The summed E-state index contributed by atoms with van der Waals surface area (Å²) in [4.78, 5) is 11.7. The Balaban J connectivity index is 0.00000361. The molecule has 0 spiro atoms. The summed E-state index contributed by atoms with van der Waals surface area (Å²) in [5, 5.41) is 2.34. The molecule has 1 saturated carbocycles. The number of hydrogen-bond acceptors (Lipinski definition) is 4. The van der Waals surface area contributed by atoms with E-state index in [0.29, 0.717) is 19.4 Å². The van der Waals surface area contributed by atoms with Crippen molar-refractivity contribution in [2.75, 3.05) is 12.3 Å². The molecular weight excluding hydrogens is 300 g/mol. The molecule has 0 aromatic heterocycles. The van der Waals surface area contributed by atoms with Gasteiger partial charge in [0.25, 0.3) is 0 Å². The van der Waals surface area contributed by atoms with Gasteiger partial charge in [0, 0.05) is 12.1 Å². The summed E-state index contributed by atoms with van der Waals surface area (Å²) in [6.07, 6.45) is 4.78. The van der Waals surface area contributed by atoms with Crippen LogP contribution in [0.4, 0.5) is 0 Å². The molecule has 20 heavy (non-hydrogen) atoms. The van der Waals surface area contributed by atoms with Crippen LogP contribution in [0.1, 0.15) is 52.4 Å². The second-order valence-corrected chi connectivity index (χ2v) is 7.84. The van der Waals surface area contributed by atoms with E-state index in [9.17, 15) is 13.2 Å². The molecule has 0 unspecified atom stereocenters. The van der Waals surface area contributed by atoms with Gasteiger partial charge in [-0.15, -0.1) is 12.4 Å². The van der Waals surface area contributed by atoms with Gasteiger partial charge in [0.1, 0.15) is 5.75 Å². The van der Waals surface area contributed by atoms with Gasteiger partial charge >= 0.3 is 0 Å². The molecule has 0 aromatic carbocycles. The Morgan fingerprint density at radius 3 is 2.20 bits per heavy atom. The van der Waals surface area contributed by atoms with E-state index in [1.165, 1.54) is 0 Å². The van der Waals surface area contributed by atoms with Gasteiger partial charge in [-0.25, -0.2) is 8.42 Å². The summed E-state index contributed by atoms with van der Waals surface area (Å²) in [6, 6.07) is 0. The van der Waals surface area contributed by atoms with E-state index < -0.39 is 27.0 Å². The maximum atomic E-state index is 12.0. The first-order valence-electron chi connectivity index (χ1n) is 7.10. The molecule has 1 aliphatic carbocycles. The minimum Gasteiger partial charge on any atom is -0.353 e. The van der Waals surface area contributed by atoms with Crippen molar-refractivity contribution in [2.24, 2.45) is 5.73 Å². The van der Waals surface area contributed by atoms with Gasteiger partial charge < -0.3 is 11.1 Å². The fraction of sp³-hybridized carbons (Fsp3) is 0.923. The minimum absolute atomic E-state index is 0. The topological polar surface area (TPSA) is 89.3 Å². The lowest BCUT2D eigenvalue weighted by molar-refractivity contribution is -0.118. The first-order valence-corrected chi connectivity index (χ1v) is 8.81. The monoisotopic (exact) mass is 326 g/mol. The summed E-state index contributed by atoms with van der Waals surface area (Å²) in [5.41, 5.74) is 5.63. The smallest absolute Gasteiger partial charge is 0.235 e. The third-order valence-corrected chi connectivity index (χ3v) is 6.34. The maximum absolute atomic E-state index is 12.0. The number of hydrogen-bond donors (Lipinski definition) is 2. The lowest BCUT2D eigenvalue weighted by Gasteiger charge is -2.26. The Hall–Kier alpha value is -0.330. The third-order valence-electron chi connectivity index (χ3n) is 4.19. The SMILES string of the molecule is CCC(N)(CC)CNC(=O)CS(=O)(=O)C1CCCC1.Cl. The molecule has 0 aromatic rings. The molecule has 0 radical (unpaired) electrons. The number of amides is 1. The fourth-order valence-corrected chi connectivity index (χ4v) is 4.13. The van der Waals surface area contributed by atoms with Crippen molar-refractivity contribution in [1.82, 2.24) is 5.32 Å². The van der Waals surface area contributed by atoms with Crippen LogP contribution >= 0.6 is 12.4 Å². The van der Waals surface area contributed by atoms with Crippen molar-refractivity contribution in [1.29, 1.82) is 0 Å². The zero-order valence-corrected chi connectivity index (χ0v) is 14.0. The van der Waals surface area contributed by atoms with Crippen LogP contribution in [-0.4, -0.2) is 37.4 Å². The molecule has 5 nitrogen and oxygen atoms in total. The van der Waals surface area contributed by atoms with Crippen LogP contribution in [0.5, 0.6) is 0 Å². The molecule has 0 atom stereocenters. The predicted molar refractivity (Wildman–Crippen MR) is 83.8 cm³/mol.